The largest absolute Gasteiger partial charge is 0.756 e. The highest BCUT2D eigenvalue weighted by molar-refractivity contribution is 7.45. The number of nitrogens with one attached hydrogen (secondary N) is 1. The molecule has 0 heterocycles. The number of aliphatic hydroxyl groups is 1. The van der Waals surface area contributed by atoms with Crippen LogP contribution in [0.15, 0.2) is 48.6 Å². The number of phosphoric ester groups is 1. The fourth-order valence-electron chi connectivity index (χ4n) is 11.1. The number of hydrogen-bond acceptors (Lipinski definition) is 6. The molecule has 8 nitrogen and oxygen atoms in total. The summed E-state index contributed by atoms with van der Waals surface area (Å²) in [5.41, 5.74) is 0. The summed E-state index contributed by atoms with van der Waals surface area (Å²) in [6, 6.07) is -0.889. The Hall–Kier alpha value is -1.54. The Labute approximate surface area is 518 Å². The van der Waals surface area contributed by atoms with Crippen molar-refractivity contribution in [1.29, 1.82) is 0 Å². The molecular formula is C74H143N2O6P. The number of rotatable bonds is 68. The van der Waals surface area contributed by atoms with Crippen molar-refractivity contribution < 1.29 is 32.9 Å². The second-order valence-electron chi connectivity index (χ2n) is 26.3. The van der Waals surface area contributed by atoms with E-state index in [1.165, 1.54) is 295 Å². The van der Waals surface area contributed by atoms with E-state index in [1.807, 2.05) is 27.2 Å². The Balaban J connectivity index is 4.04. The van der Waals surface area contributed by atoms with Gasteiger partial charge in [0, 0.05) is 6.42 Å². The molecule has 0 aromatic rings. The van der Waals surface area contributed by atoms with Crippen LogP contribution in [0.4, 0.5) is 0 Å². The standard InChI is InChI=1S/C74H143N2O6P/c1-6-8-10-12-14-16-18-20-22-24-26-28-30-32-34-36-38-40-42-44-46-48-50-52-54-56-58-60-62-64-66-68-74(78)75-72(71-82-83(79,80)81-70-69-76(3,4)5)73(77)67-65-63-61-59-57-55-53-51-49-47-45-43-41-39-37-35-33-31-29-27-25-23-21-19-17-15-13-11-9-7-2/h18,20,24,26,30,32,65,67,72-73,77H,6-17,19,21-23,25,27-29,31,33-64,66,68-71H2,1-5H3,(H-,75,78,79,80)/b20-18-,26-24-,32-30-,67-65+. The molecule has 0 aliphatic heterocycles. The minimum Gasteiger partial charge on any atom is -0.756 e. The molecule has 0 aromatic heterocycles. The summed E-state index contributed by atoms with van der Waals surface area (Å²) in [4.78, 5) is 25.7. The zero-order valence-electron chi connectivity index (χ0n) is 56.2. The summed E-state index contributed by atoms with van der Waals surface area (Å²) in [6.07, 6.45) is 88.1. The highest BCUT2D eigenvalue weighted by atomic mass is 31.2. The lowest BCUT2D eigenvalue weighted by atomic mass is 10.0. The smallest absolute Gasteiger partial charge is 0.268 e. The molecule has 0 saturated carbocycles. The van der Waals surface area contributed by atoms with Crippen molar-refractivity contribution in [1.82, 2.24) is 5.32 Å². The van der Waals surface area contributed by atoms with E-state index >= 15 is 0 Å². The molecule has 1 amide bonds. The molecular weight excluding hydrogens is 1040 g/mol. The molecule has 0 bridgehead atoms. The number of phosphoric acid groups is 1. The van der Waals surface area contributed by atoms with E-state index in [9.17, 15) is 19.4 Å². The average molecular weight is 1190 g/mol. The first-order chi connectivity index (χ1) is 40.5. The van der Waals surface area contributed by atoms with E-state index in [1.54, 1.807) is 6.08 Å². The number of nitrogens with zero attached hydrogens (tertiary/aromatic N) is 1. The van der Waals surface area contributed by atoms with Gasteiger partial charge in [-0.25, -0.2) is 0 Å². The zero-order chi connectivity index (χ0) is 60.5. The number of likely N-dealkylation sites (N-methyl/N-ethyl adjacent to an activating group) is 1. The first kappa shape index (κ1) is 81.5. The maximum absolute atomic E-state index is 13.1. The fourth-order valence-corrected chi connectivity index (χ4v) is 11.8. The first-order valence-corrected chi connectivity index (χ1v) is 38.0. The van der Waals surface area contributed by atoms with Gasteiger partial charge in [-0.1, -0.05) is 351 Å². The summed E-state index contributed by atoms with van der Waals surface area (Å²) in [5, 5.41) is 14.0. The van der Waals surface area contributed by atoms with Crippen LogP contribution in [-0.4, -0.2) is 68.5 Å². The number of amides is 1. The molecule has 490 valence electrons. The molecule has 0 rings (SSSR count). The summed E-state index contributed by atoms with van der Waals surface area (Å²) in [5.74, 6) is -0.192. The van der Waals surface area contributed by atoms with Crippen molar-refractivity contribution in [2.75, 3.05) is 40.9 Å². The van der Waals surface area contributed by atoms with Gasteiger partial charge in [0.1, 0.15) is 13.2 Å². The van der Waals surface area contributed by atoms with Crippen LogP contribution in [0, 0.1) is 0 Å². The molecule has 83 heavy (non-hydrogen) atoms. The van der Waals surface area contributed by atoms with Crippen LogP contribution in [0.1, 0.15) is 367 Å². The van der Waals surface area contributed by atoms with Gasteiger partial charge in [0.25, 0.3) is 7.82 Å². The minimum absolute atomic E-state index is 0.000187. The Morgan fingerprint density at radius 1 is 0.422 bits per heavy atom. The van der Waals surface area contributed by atoms with Gasteiger partial charge in [-0.05, 0) is 57.8 Å². The molecule has 2 N–H and O–H groups in total. The summed E-state index contributed by atoms with van der Waals surface area (Å²) < 4.78 is 23.5. The van der Waals surface area contributed by atoms with Gasteiger partial charge in [0.05, 0.1) is 39.9 Å². The maximum Gasteiger partial charge on any atom is 0.268 e. The van der Waals surface area contributed by atoms with E-state index in [2.05, 4.69) is 55.6 Å². The van der Waals surface area contributed by atoms with Crippen LogP contribution in [0.25, 0.3) is 0 Å². The van der Waals surface area contributed by atoms with Gasteiger partial charge in [-0.15, -0.1) is 0 Å². The summed E-state index contributed by atoms with van der Waals surface area (Å²) in [7, 11) is 1.27. The van der Waals surface area contributed by atoms with Crippen molar-refractivity contribution in [2.45, 2.75) is 379 Å². The Morgan fingerprint density at radius 2 is 0.699 bits per heavy atom. The number of carbonyl (C=O) groups excluding carboxylic acids is 1. The third-order valence-corrected chi connectivity index (χ3v) is 17.7. The first-order valence-electron chi connectivity index (χ1n) is 36.5. The third-order valence-electron chi connectivity index (χ3n) is 16.8. The van der Waals surface area contributed by atoms with Crippen LogP contribution >= 0.6 is 7.82 Å². The van der Waals surface area contributed by atoms with Crippen molar-refractivity contribution in [2.24, 2.45) is 0 Å². The number of unbranched alkanes of at least 4 members (excludes halogenated alkanes) is 49. The molecule has 0 aliphatic rings. The normalized spacial score (nSPS) is 13.9. The van der Waals surface area contributed by atoms with Crippen molar-refractivity contribution >= 4 is 13.7 Å². The molecule has 0 aromatic carbocycles. The zero-order valence-corrected chi connectivity index (χ0v) is 57.1. The van der Waals surface area contributed by atoms with Gasteiger partial charge >= 0.3 is 0 Å². The van der Waals surface area contributed by atoms with Crippen LogP contribution in [0.2, 0.25) is 0 Å². The Bertz CT molecular complexity index is 1490. The van der Waals surface area contributed by atoms with Gasteiger partial charge in [0.15, 0.2) is 0 Å². The lowest BCUT2D eigenvalue weighted by molar-refractivity contribution is -0.870. The minimum atomic E-state index is -4.61. The molecule has 3 atom stereocenters. The average Bonchev–Trinajstić information content (AvgIpc) is 3.49. The Kier molecular flexibility index (Phi) is 63.7. The van der Waals surface area contributed by atoms with Gasteiger partial charge in [-0.3, -0.25) is 9.36 Å². The predicted octanol–water partition coefficient (Wildman–Crippen LogP) is 22.8. The van der Waals surface area contributed by atoms with Gasteiger partial charge < -0.3 is 28.8 Å². The number of aliphatic hydroxyl groups excluding tert-OH is 1. The lowest BCUT2D eigenvalue weighted by Gasteiger charge is -2.29. The fraction of sp³-hybridized carbons (Fsp3) is 0.878. The molecule has 9 heteroatoms. The third kappa shape index (κ3) is 67.8. The quantitative estimate of drug-likeness (QED) is 0.0272. The van der Waals surface area contributed by atoms with E-state index in [0.717, 1.165) is 51.4 Å². The van der Waals surface area contributed by atoms with Crippen LogP contribution in [-0.2, 0) is 18.4 Å². The second kappa shape index (κ2) is 64.9. The second-order valence-corrected chi connectivity index (χ2v) is 27.7. The van der Waals surface area contributed by atoms with Crippen LogP contribution < -0.4 is 10.2 Å². The monoisotopic (exact) mass is 1190 g/mol. The van der Waals surface area contributed by atoms with Gasteiger partial charge in [0.2, 0.25) is 5.91 Å². The summed E-state index contributed by atoms with van der Waals surface area (Å²) >= 11 is 0. The Morgan fingerprint density at radius 3 is 1.01 bits per heavy atom. The van der Waals surface area contributed by atoms with Crippen LogP contribution in [0.3, 0.4) is 0 Å². The topological polar surface area (TPSA) is 108 Å². The van der Waals surface area contributed by atoms with Gasteiger partial charge in [-0.2, -0.15) is 0 Å². The van der Waals surface area contributed by atoms with E-state index in [4.69, 9.17) is 9.05 Å². The number of quaternary nitrogens is 1. The van der Waals surface area contributed by atoms with E-state index < -0.39 is 20.0 Å². The van der Waals surface area contributed by atoms with Crippen molar-refractivity contribution in [3.63, 3.8) is 0 Å². The number of hydrogen-bond donors (Lipinski definition) is 2. The number of carbonyl (C=O) groups is 1. The van der Waals surface area contributed by atoms with E-state index in [-0.39, 0.29) is 19.1 Å². The number of allylic oxidation sites excluding steroid dienone is 7. The highest BCUT2D eigenvalue weighted by Crippen LogP contribution is 2.38. The van der Waals surface area contributed by atoms with Crippen LogP contribution in [0.5, 0.6) is 0 Å². The molecule has 0 saturated heterocycles. The molecule has 3 unspecified atom stereocenters. The molecule has 0 aliphatic carbocycles. The molecule has 0 radical (unpaired) electrons. The lowest BCUT2D eigenvalue weighted by Crippen LogP contribution is -2.45. The van der Waals surface area contributed by atoms with E-state index in [0.29, 0.717) is 17.4 Å². The van der Waals surface area contributed by atoms with Crippen molar-refractivity contribution in [3.8, 4) is 0 Å². The molecule has 0 spiro atoms. The van der Waals surface area contributed by atoms with Crippen molar-refractivity contribution in [3.05, 3.63) is 48.6 Å². The highest BCUT2D eigenvalue weighted by Gasteiger charge is 2.23. The predicted molar refractivity (Wildman–Crippen MR) is 362 cm³/mol. The summed E-state index contributed by atoms with van der Waals surface area (Å²) in [6.45, 7) is 4.69. The maximum atomic E-state index is 13.1. The molecule has 0 fully saturated rings. The SMILES string of the molecule is CCCCCCC/C=C\C/C=C\C/C=C\CCCCCCCCCCCCCCCCCCC(=O)NC(COP(=O)([O-])OCC[N+](C)(C)C)C(O)/C=C/CCCCCCCCCCCCCCCCCCCCCCCCCCCCCC.